The van der Waals surface area contributed by atoms with Gasteiger partial charge in [0.15, 0.2) is 0 Å². The molecule has 1 aromatic rings. The molecule has 0 radical (unpaired) electrons. The topological polar surface area (TPSA) is 52.6 Å². The highest BCUT2D eigenvalue weighted by Crippen LogP contribution is 2.21. The van der Waals surface area contributed by atoms with Gasteiger partial charge in [-0.1, -0.05) is 15.9 Å². The molecule has 0 saturated heterocycles. The normalized spacial score (nSPS) is 14.3. The number of carbonyl (C=O) groups excluding carboxylic acids is 1. The molecule has 106 valence electrons. The molecular weight excluding hydrogens is 376 g/mol. The van der Waals surface area contributed by atoms with E-state index in [2.05, 4.69) is 37.2 Å². The van der Waals surface area contributed by atoms with Gasteiger partial charge in [-0.15, -0.1) is 0 Å². The summed E-state index contributed by atoms with van der Waals surface area (Å²) in [5.74, 6) is -0.210. The van der Waals surface area contributed by atoms with Crippen molar-refractivity contribution < 1.29 is 9.90 Å². The zero-order valence-electron chi connectivity index (χ0n) is 11.2. The molecule has 0 spiro atoms. The van der Waals surface area contributed by atoms with Gasteiger partial charge in [0.05, 0.1) is 11.2 Å². The van der Waals surface area contributed by atoms with Gasteiger partial charge in [-0.3, -0.25) is 4.79 Å². The minimum Gasteiger partial charge on any atom is -0.387 e. The van der Waals surface area contributed by atoms with Crippen molar-refractivity contribution in [3.05, 3.63) is 32.7 Å². The summed E-state index contributed by atoms with van der Waals surface area (Å²) < 4.78 is 1.61. The fourth-order valence-electron chi connectivity index (χ4n) is 1.78. The van der Waals surface area contributed by atoms with Crippen LogP contribution in [0.5, 0.6) is 0 Å². The maximum Gasteiger partial charge on any atom is 0.252 e. The molecule has 0 bridgehead atoms. The third-order valence-corrected chi connectivity index (χ3v) is 3.61. The number of carbonyl (C=O) groups is 1. The van der Waals surface area contributed by atoms with Crippen molar-refractivity contribution in [3.8, 4) is 0 Å². The van der Waals surface area contributed by atoms with Crippen molar-refractivity contribution in [3.63, 3.8) is 0 Å². The van der Waals surface area contributed by atoms with Crippen molar-refractivity contribution in [1.82, 2.24) is 10.2 Å². The number of nitrogens with one attached hydrogen (secondary N) is 1. The van der Waals surface area contributed by atoms with Crippen LogP contribution in [0.1, 0.15) is 17.3 Å². The first-order chi connectivity index (χ1) is 8.71. The van der Waals surface area contributed by atoms with E-state index in [0.29, 0.717) is 16.6 Å². The summed E-state index contributed by atoms with van der Waals surface area (Å²) in [7, 11) is 3.75. The maximum absolute atomic E-state index is 12.0. The Morgan fingerprint density at radius 3 is 2.58 bits per heavy atom. The van der Waals surface area contributed by atoms with Crippen LogP contribution in [-0.2, 0) is 0 Å². The fourth-order valence-corrected chi connectivity index (χ4v) is 3.00. The molecule has 1 aromatic carbocycles. The molecule has 1 rings (SSSR count). The summed E-state index contributed by atoms with van der Waals surface area (Å²) in [6.45, 7) is 2.38. The summed E-state index contributed by atoms with van der Waals surface area (Å²) in [6, 6.07) is 5.34. The van der Waals surface area contributed by atoms with Crippen LogP contribution in [-0.4, -0.2) is 48.7 Å². The van der Waals surface area contributed by atoms with E-state index in [1.807, 2.05) is 25.1 Å². The minimum atomic E-state index is -0.957. The standard InChI is InChI=1S/C13H18Br2N2O2/c1-13(19,8-17(2)3)7-16-12(18)10-5-4-9(14)6-11(10)15/h4-6,19H,7-8H2,1-3H3,(H,16,18). The van der Waals surface area contributed by atoms with Crippen molar-refractivity contribution in [1.29, 1.82) is 0 Å². The second-order valence-corrected chi connectivity index (χ2v) is 6.81. The van der Waals surface area contributed by atoms with E-state index in [0.717, 1.165) is 4.47 Å². The highest BCUT2D eigenvalue weighted by atomic mass is 79.9. The van der Waals surface area contributed by atoms with Gasteiger partial charge in [-0.2, -0.15) is 0 Å². The van der Waals surface area contributed by atoms with Crippen LogP contribution in [0.25, 0.3) is 0 Å². The summed E-state index contributed by atoms with van der Waals surface area (Å²) in [5, 5.41) is 12.9. The average Bonchev–Trinajstić information content (AvgIpc) is 2.24. The van der Waals surface area contributed by atoms with E-state index in [9.17, 15) is 9.90 Å². The van der Waals surface area contributed by atoms with E-state index in [4.69, 9.17) is 0 Å². The predicted octanol–water partition coefficient (Wildman–Crippen LogP) is 2.25. The fraction of sp³-hybridized carbons (Fsp3) is 0.462. The molecule has 0 saturated carbocycles. The first-order valence-corrected chi connectivity index (χ1v) is 7.40. The number of nitrogens with zero attached hydrogens (tertiary/aromatic N) is 1. The monoisotopic (exact) mass is 392 g/mol. The summed E-state index contributed by atoms with van der Waals surface area (Å²) in [5.41, 5.74) is -0.412. The van der Waals surface area contributed by atoms with Gasteiger partial charge in [-0.05, 0) is 55.1 Å². The predicted molar refractivity (Wildman–Crippen MR) is 83.4 cm³/mol. The van der Waals surface area contributed by atoms with E-state index < -0.39 is 5.60 Å². The Balaban J connectivity index is 2.65. The first kappa shape index (κ1) is 16.6. The zero-order chi connectivity index (χ0) is 14.6. The zero-order valence-corrected chi connectivity index (χ0v) is 14.4. The number of benzene rings is 1. The molecule has 1 atom stereocenters. The molecule has 1 amide bonds. The van der Waals surface area contributed by atoms with Crippen LogP contribution < -0.4 is 5.32 Å². The number of hydrogen-bond donors (Lipinski definition) is 2. The van der Waals surface area contributed by atoms with Crippen molar-refractivity contribution >= 4 is 37.8 Å². The van der Waals surface area contributed by atoms with Crippen LogP contribution in [0.4, 0.5) is 0 Å². The molecular formula is C13H18Br2N2O2. The van der Waals surface area contributed by atoms with E-state index >= 15 is 0 Å². The van der Waals surface area contributed by atoms with E-state index in [1.165, 1.54) is 0 Å². The van der Waals surface area contributed by atoms with Gasteiger partial charge in [0.25, 0.3) is 5.91 Å². The van der Waals surface area contributed by atoms with Crippen molar-refractivity contribution in [2.75, 3.05) is 27.2 Å². The highest BCUT2D eigenvalue weighted by molar-refractivity contribution is 9.11. The largest absolute Gasteiger partial charge is 0.387 e. The molecule has 0 fully saturated rings. The molecule has 0 heterocycles. The number of aliphatic hydroxyl groups is 1. The van der Waals surface area contributed by atoms with Gasteiger partial charge in [-0.25, -0.2) is 0 Å². The van der Waals surface area contributed by atoms with Crippen LogP contribution in [0.3, 0.4) is 0 Å². The number of likely N-dealkylation sites (N-methyl/N-ethyl adjacent to an activating group) is 1. The van der Waals surface area contributed by atoms with E-state index in [1.54, 1.807) is 19.1 Å². The third kappa shape index (κ3) is 5.60. The van der Waals surface area contributed by atoms with E-state index in [-0.39, 0.29) is 12.5 Å². The van der Waals surface area contributed by atoms with Crippen LogP contribution in [0, 0.1) is 0 Å². The SMILES string of the molecule is CN(C)CC(C)(O)CNC(=O)c1ccc(Br)cc1Br. The maximum atomic E-state index is 12.0. The Bertz CT molecular complexity index is 462. The van der Waals surface area contributed by atoms with Gasteiger partial charge >= 0.3 is 0 Å². The quantitative estimate of drug-likeness (QED) is 0.806. The Labute approximate surface area is 130 Å². The van der Waals surface area contributed by atoms with Crippen LogP contribution in [0.2, 0.25) is 0 Å². The van der Waals surface area contributed by atoms with Crippen molar-refractivity contribution in [2.45, 2.75) is 12.5 Å². The summed E-state index contributed by atoms with van der Waals surface area (Å²) in [4.78, 5) is 13.9. The van der Waals surface area contributed by atoms with Crippen LogP contribution in [0.15, 0.2) is 27.1 Å². The smallest absolute Gasteiger partial charge is 0.252 e. The number of hydrogen-bond acceptors (Lipinski definition) is 3. The molecule has 6 heteroatoms. The molecule has 19 heavy (non-hydrogen) atoms. The Kier molecular flexibility index (Phi) is 5.98. The second kappa shape index (κ2) is 6.83. The minimum absolute atomic E-state index is 0.201. The second-order valence-electron chi connectivity index (χ2n) is 5.04. The van der Waals surface area contributed by atoms with Crippen LogP contribution >= 0.6 is 31.9 Å². The lowest BCUT2D eigenvalue weighted by molar-refractivity contribution is 0.0326. The summed E-state index contributed by atoms with van der Waals surface area (Å²) >= 11 is 6.68. The Hall–Kier alpha value is -0.430. The van der Waals surface area contributed by atoms with Gasteiger partial charge < -0.3 is 15.3 Å². The number of halogens is 2. The summed E-state index contributed by atoms with van der Waals surface area (Å²) in [6.07, 6.45) is 0. The molecule has 0 aromatic heterocycles. The molecule has 0 aliphatic heterocycles. The molecule has 0 aliphatic rings. The Morgan fingerprint density at radius 2 is 2.05 bits per heavy atom. The molecule has 1 unspecified atom stereocenters. The number of amides is 1. The lowest BCUT2D eigenvalue weighted by Crippen LogP contribution is -2.47. The molecule has 0 aliphatic carbocycles. The van der Waals surface area contributed by atoms with Gasteiger partial charge in [0.1, 0.15) is 0 Å². The average molecular weight is 394 g/mol. The molecule has 4 nitrogen and oxygen atoms in total. The Morgan fingerprint density at radius 1 is 1.42 bits per heavy atom. The van der Waals surface area contributed by atoms with Gasteiger partial charge in [0, 0.05) is 22.0 Å². The molecule has 2 N–H and O–H groups in total. The number of rotatable bonds is 5. The highest BCUT2D eigenvalue weighted by Gasteiger charge is 2.22. The first-order valence-electron chi connectivity index (χ1n) is 5.82. The van der Waals surface area contributed by atoms with Crippen molar-refractivity contribution in [2.24, 2.45) is 0 Å². The van der Waals surface area contributed by atoms with Gasteiger partial charge in [0.2, 0.25) is 0 Å². The lowest BCUT2D eigenvalue weighted by Gasteiger charge is -2.27. The lowest BCUT2D eigenvalue weighted by atomic mass is 10.1. The third-order valence-electron chi connectivity index (χ3n) is 2.46.